The summed E-state index contributed by atoms with van der Waals surface area (Å²) >= 11 is 0. The Hall–Kier alpha value is -2.82. The van der Waals surface area contributed by atoms with E-state index < -0.39 is 0 Å². The molecule has 4 rings (SSSR count). The van der Waals surface area contributed by atoms with Gasteiger partial charge in [-0.25, -0.2) is 4.98 Å². The molecular formula is C25H31N3O2. The van der Waals surface area contributed by atoms with Gasteiger partial charge in [0, 0.05) is 19.5 Å². The van der Waals surface area contributed by atoms with Crippen molar-refractivity contribution in [3.8, 4) is 5.75 Å². The Labute approximate surface area is 178 Å². The monoisotopic (exact) mass is 405 g/mol. The van der Waals surface area contributed by atoms with E-state index in [1.807, 2.05) is 30.0 Å². The third-order valence-corrected chi connectivity index (χ3v) is 5.89. The van der Waals surface area contributed by atoms with E-state index >= 15 is 0 Å². The van der Waals surface area contributed by atoms with E-state index in [0.29, 0.717) is 13.0 Å². The van der Waals surface area contributed by atoms with Gasteiger partial charge >= 0.3 is 0 Å². The van der Waals surface area contributed by atoms with Crippen molar-refractivity contribution in [3.05, 3.63) is 59.9 Å². The second kappa shape index (κ2) is 9.33. The summed E-state index contributed by atoms with van der Waals surface area (Å²) in [6.07, 6.45) is 4.57. The number of carbonyl (C=O) groups is 1. The molecule has 1 aromatic heterocycles. The average Bonchev–Trinajstić information content (AvgIpc) is 3.38. The number of aryl methyl sites for hydroxylation is 2. The minimum absolute atomic E-state index is 0.0911. The minimum atomic E-state index is 0.0911. The molecule has 2 heterocycles. The number of fused-ring (bicyclic) bond motifs is 1. The summed E-state index contributed by atoms with van der Waals surface area (Å²) in [5.74, 6) is 2.20. The number of imidazole rings is 1. The van der Waals surface area contributed by atoms with Crippen molar-refractivity contribution in [1.82, 2.24) is 14.5 Å². The van der Waals surface area contributed by atoms with Crippen molar-refractivity contribution in [3.63, 3.8) is 0 Å². The third-order valence-electron chi connectivity index (χ3n) is 5.89. The van der Waals surface area contributed by atoms with Crippen molar-refractivity contribution in [2.75, 3.05) is 13.2 Å². The number of unbranched alkanes of at least 4 members (excludes halogenated alkanes) is 1. The van der Waals surface area contributed by atoms with Crippen LogP contribution in [0.2, 0.25) is 0 Å². The molecule has 5 heteroatoms. The van der Waals surface area contributed by atoms with Crippen LogP contribution in [-0.4, -0.2) is 33.5 Å². The normalized spacial score (nSPS) is 16.3. The molecule has 1 unspecified atom stereocenters. The van der Waals surface area contributed by atoms with Crippen LogP contribution in [0.15, 0.2) is 48.5 Å². The SMILES string of the molecule is CCC(=O)N1CCCC1c1nc2ccccc2n1CCCCOc1cccc(C)c1. The number of carbonyl (C=O) groups excluding carboxylic acids is 1. The number of hydrogen-bond donors (Lipinski definition) is 0. The number of likely N-dealkylation sites (tertiary alicyclic amines) is 1. The number of ether oxygens (including phenoxy) is 1. The van der Waals surface area contributed by atoms with Gasteiger partial charge in [-0.05, 0) is 62.4 Å². The molecule has 1 aliphatic heterocycles. The predicted molar refractivity (Wildman–Crippen MR) is 120 cm³/mol. The molecule has 1 saturated heterocycles. The second-order valence-corrected chi connectivity index (χ2v) is 8.08. The highest BCUT2D eigenvalue weighted by atomic mass is 16.5. The summed E-state index contributed by atoms with van der Waals surface area (Å²) in [6.45, 7) is 6.45. The lowest BCUT2D eigenvalue weighted by Crippen LogP contribution is -2.31. The van der Waals surface area contributed by atoms with Crippen LogP contribution in [0.4, 0.5) is 0 Å². The second-order valence-electron chi connectivity index (χ2n) is 8.08. The Morgan fingerprint density at radius 3 is 2.87 bits per heavy atom. The molecule has 0 bridgehead atoms. The number of hydrogen-bond acceptors (Lipinski definition) is 3. The number of aromatic nitrogens is 2. The summed E-state index contributed by atoms with van der Waals surface area (Å²) in [4.78, 5) is 19.4. The maximum atomic E-state index is 12.5. The quantitative estimate of drug-likeness (QED) is 0.479. The maximum absolute atomic E-state index is 12.5. The zero-order chi connectivity index (χ0) is 20.9. The number of benzene rings is 2. The molecule has 3 aromatic rings. The van der Waals surface area contributed by atoms with E-state index in [-0.39, 0.29) is 11.9 Å². The van der Waals surface area contributed by atoms with E-state index in [1.165, 1.54) is 5.56 Å². The molecule has 1 atom stereocenters. The molecule has 0 spiro atoms. The first-order chi connectivity index (χ1) is 14.7. The number of para-hydroxylation sites is 2. The number of nitrogens with zero attached hydrogens (tertiary/aromatic N) is 3. The van der Waals surface area contributed by atoms with Gasteiger partial charge in [-0.2, -0.15) is 0 Å². The van der Waals surface area contributed by atoms with Crippen LogP contribution in [0.5, 0.6) is 5.75 Å². The van der Waals surface area contributed by atoms with Crippen LogP contribution in [0.25, 0.3) is 11.0 Å². The fourth-order valence-corrected chi connectivity index (χ4v) is 4.39. The first kappa shape index (κ1) is 20.5. The predicted octanol–water partition coefficient (Wildman–Crippen LogP) is 5.28. The minimum Gasteiger partial charge on any atom is -0.494 e. The molecule has 1 amide bonds. The van der Waals surface area contributed by atoms with Crippen molar-refractivity contribution in [2.24, 2.45) is 0 Å². The van der Waals surface area contributed by atoms with E-state index in [9.17, 15) is 4.79 Å². The first-order valence-electron chi connectivity index (χ1n) is 11.1. The van der Waals surface area contributed by atoms with Gasteiger partial charge in [0.05, 0.1) is 23.7 Å². The van der Waals surface area contributed by atoms with Gasteiger partial charge in [0.1, 0.15) is 11.6 Å². The van der Waals surface area contributed by atoms with Gasteiger partial charge in [-0.3, -0.25) is 4.79 Å². The fourth-order valence-electron chi connectivity index (χ4n) is 4.39. The van der Waals surface area contributed by atoms with Crippen molar-refractivity contribution >= 4 is 16.9 Å². The first-order valence-corrected chi connectivity index (χ1v) is 11.1. The van der Waals surface area contributed by atoms with Crippen LogP contribution in [0, 0.1) is 6.92 Å². The Morgan fingerprint density at radius 2 is 2.03 bits per heavy atom. The zero-order valence-corrected chi connectivity index (χ0v) is 18.0. The molecule has 2 aromatic carbocycles. The van der Waals surface area contributed by atoms with Gasteiger partial charge < -0.3 is 14.2 Å². The topological polar surface area (TPSA) is 47.4 Å². The van der Waals surface area contributed by atoms with Crippen LogP contribution < -0.4 is 4.74 Å². The van der Waals surface area contributed by atoms with Crippen molar-refractivity contribution in [2.45, 2.75) is 58.5 Å². The van der Waals surface area contributed by atoms with Gasteiger partial charge in [-0.15, -0.1) is 0 Å². The standard InChI is InChI=1S/C25H31N3O2/c1-3-24(29)27-16-9-14-23(27)25-26-21-12-4-5-13-22(21)28(25)15-6-7-17-30-20-11-8-10-19(2)18-20/h4-5,8,10-13,18,23H,3,6-7,9,14-17H2,1-2H3. The van der Waals surface area contributed by atoms with Gasteiger partial charge in [0.25, 0.3) is 0 Å². The van der Waals surface area contributed by atoms with Crippen molar-refractivity contribution < 1.29 is 9.53 Å². The van der Waals surface area contributed by atoms with E-state index in [0.717, 1.165) is 61.4 Å². The molecule has 1 fully saturated rings. The maximum Gasteiger partial charge on any atom is 0.222 e. The highest BCUT2D eigenvalue weighted by Crippen LogP contribution is 2.34. The molecule has 158 valence electrons. The summed E-state index contributed by atoms with van der Waals surface area (Å²) in [7, 11) is 0. The molecule has 0 radical (unpaired) electrons. The summed E-state index contributed by atoms with van der Waals surface area (Å²) in [6, 6.07) is 16.6. The summed E-state index contributed by atoms with van der Waals surface area (Å²) < 4.78 is 8.24. The summed E-state index contributed by atoms with van der Waals surface area (Å²) in [5.41, 5.74) is 3.38. The third kappa shape index (κ3) is 4.35. The van der Waals surface area contributed by atoms with E-state index in [4.69, 9.17) is 9.72 Å². The van der Waals surface area contributed by atoms with Crippen LogP contribution in [0.1, 0.15) is 56.5 Å². The lowest BCUT2D eigenvalue weighted by molar-refractivity contribution is -0.131. The Bertz CT molecular complexity index is 1010. The molecule has 0 aliphatic carbocycles. The number of amides is 1. The van der Waals surface area contributed by atoms with Crippen molar-refractivity contribution in [1.29, 1.82) is 0 Å². The van der Waals surface area contributed by atoms with Gasteiger partial charge in [-0.1, -0.05) is 31.2 Å². The molecule has 1 aliphatic rings. The van der Waals surface area contributed by atoms with Crippen LogP contribution >= 0.6 is 0 Å². The lowest BCUT2D eigenvalue weighted by Gasteiger charge is -2.25. The molecule has 0 saturated carbocycles. The highest BCUT2D eigenvalue weighted by molar-refractivity contribution is 5.78. The Balaban J connectivity index is 1.46. The average molecular weight is 406 g/mol. The Morgan fingerprint density at radius 1 is 1.17 bits per heavy atom. The lowest BCUT2D eigenvalue weighted by atomic mass is 10.2. The van der Waals surface area contributed by atoms with E-state index in [2.05, 4.69) is 41.8 Å². The number of rotatable bonds is 8. The fraction of sp³-hybridized carbons (Fsp3) is 0.440. The van der Waals surface area contributed by atoms with Crippen LogP contribution in [0.3, 0.4) is 0 Å². The molecule has 30 heavy (non-hydrogen) atoms. The zero-order valence-electron chi connectivity index (χ0n) is 18.0. The molecular weight excluding hydrogens is 374 g/mol. The van der Waals surface area contributed by atoms with Gasteiger partial charge in [0.2, 0.25) is 5.91 Å². The van der Waals surface area contributed by atoms with Gasteiger partial charge in [0.15, 0.2) is 0 Å². The molecule has 0 N–H and O–H groups in total. The Kier molecular flexibility index (Phi) is 6.36. The molecule has 5 nitrogen and oxygen atoms in total. The smallest absolute Gasteiger partial charge is 0.222 e. The summed E-state index contributed by atoms with van der Waals surface area (Å²) in [5, 5.41) is 0. The van der Waals surface area contributed by atoms with Crippen LogP contribution in [-0.2, 0) is 11.3 Å². The van der Waals surface area contributed by atoms with E-state index in [1.54, 1.807) is 0 Å². The largest absolute Gasteiger partial charge is 0.494 e. The highest BCUT2D eigenvalue weighted by Gasteiger charge is 2.32.